The second-order valence-electron chi connectivity index (χ2n) is 9.09. The van der Waals surface area contributed by atoms with Crippen molar-refractivity contribution in [3.05, 3.63) is 55.7 Å². The van der Waals surface area contributed by atoms with Gasteiger partial charge in [0, 0.05) is 33.8 Å². The highest BCUT2D eigenvalue weighted by Gasteiger charge is 2.40. The van der Waals surface area contributed by atoms with E-state index >= 15 is 0 Å². The van der Waals surface area contributed by atoms with Crippen LogP contribution in [-0.4, -0.2) is 41.6 Å². The molecule has 2 aromatic rings. The number of aryl methyl sites for hydroxylation is 2. The Labute approximate surface area is 226 Å². The molecule has 0 saturated heterocycles. The number of carbonyl (C=O) groups excluding carboxylic acids is 2. The average Bonchev–Trinajstić information content (AvgIpc) is 3.35. The third-order valence-corrected chi connectivity index (χ3v) is 8.48. The zero-order chi connectivity index (χ0) is 25.4. The standard InChI is InChI=1S/C26H32Cl3NO4S/c1-16(31)30-10-3-11-34-26(33)25-9-7-20(35-25)4-2-5-21-22(24(32)15-23(21)29)8-6-17-12-18(27)14-19(28)13-17/h7,9,12-14,21-24,32H,2-6,8,10-11,15H2,1H3,(H,30,31)/t21-,22-,23+,24-/m1/s1. The highest BCUT2D eigenvalue weighted by Crippen LogP contribution is 2.42. The number of halogens is 3. The van der Waals surface area contributed by atoms with Crippen LogP contribution in [0.15, 0.2) is 30.3 Å². The second-order valence-corrected chi connectivity index (χ2v) is 11.7. The molecule has 0 radical (unpaired) electrons. The van der Waals surface area contributed by atoms with Gasteiger partial charge >= 0.3 is 5.97 Å². The average molecular weight is 561 g/mol. The first-order valence-corrected chi connectivity index (χ1v) is 14.0. The molecule has 4 atom stereocenters. The normalized spacial score (nSPS) is 21.7. The Morgan fingerprint density at radius 1 is 1.09 bits per heavy atom. The monoisotopic (exact) mass is 559 g/mol. The molecule has 0 spiro atoms. The van der Waals surface area contributed by atoms with Gasteiger partial charge in [0.2, 0.25) is 5.91 Å². The number of nitrogens with one attached hydrogen (secondary N) is 1. The van der Waals surface area contributed by atoms with Gasteiger partial charge in [-0.1, -0.05) is 23.2 Å². The van der Waals surface area contributed by atoms with Gasteiger partial charge in [0.15, 0.2) is 0 Å². The number of carbonyl (C=O) groups is 2. The Bertz CT molecular complexity index is 978. The Kier molecular flexibility index (Phi) is 11.2. The van der Waals surface area contributed by atoms with E-state index in [1.54, 1.807) is 12.1 Å². The van der Waals surface area contributed by atoms with E-state index in [0.29, 0.717) is 34.3 Å². The van der Waals surface area contributed by atoms with E-state index in [1.165, 1.54) is 18.3 Å². The van der Waals surface area contributed by atoms with Crippen molar-refractivity contribution in [2.24, 2.45) is 11.8 Å². The molecule has 1 saturated carbocycles. The minimum atomic E-state index is -0.397. The maximum atomic E-state index is 12.2. The lowest BCUT2D eigenvalue weighted by molar-refractivity contribution is -0.118. The number of amides is 1. The molecular weight excluding hydrogens is 529 g/mol. The number of aliphatic hydroxyl groups excluding tert-OH is 1. The summed E-state index contributed by atoms with van der Waals surface area (Å²) >= 11 is 20.3. The number of hydrogen-bond donors (Lipinski definition) is 2. The summed E-state index contributed by atoms with van der Waals surface area (Å²) in [5.41, 5.74) is 1.07. The van der Waals surface area contributed by atoms with Crippen molar-refractivity contribution in [2.45, 2.75) is 63.4 Å². The Morgan fingerprint density at radius 3 is 2.54 bits per heavy atom. The van der Waals surface area contributed by atoms with Gasteiger partial charge < -0.3 is 15.2 Å². The third kappa shape index (κ3) is 8.94. The lowest BCUT2D eigenvalue weighted by atomic mass is 9.85. The van der Waals surface area contributed by atoms with Crippen LogP contribution in [0.1, 0.15) is 59.1 Å². The van der Waals surface area contributed by atoms with Crippen LogP contribution in [0.4, 0.5) is 0 Å². The molecule has 1 aliphatic carbocycles. The molecule has 1 aromatic carbocycles. The molecular formula is C26H32Cl3NO4S. The van der Waals surface area contributed by atoms with Crippen molar-refractivity contribution in [1.82, 2.24) is 5.32 Å². The summed E-state index contributed by atoms with van der Waals surface area (Å²) in [6.45, 7) is 2.22. The Morgan fingerprint density at radius 2 is 1.83 bits per heavy atom. The first-order chi connectivity index (χ1) is 16.7. The molecule has 1 amide bonds. The molecule has 9 heteroatoms. The van der Waals surface area contributed by atoms with Crippen LogP contribution in [0.2, 0.25) is 10.0 Å². The zero-order valence-electron chi connectivity index (χ0n) is 19.8. The molecule has 1 aromatic heterocycles. The summed E-state index contributed by atoms with van der Waals surface area (Å²) in [5, 5.41) is 14.5. The van der Waals surface area contributed by atoms with Gasteiger partial charge in [-0.3, -0.25) is 4.79 Å². The first-order valence-electron chi connectivity index (χ1n) is 12.0. The van der Waals surface area contributed by atoms with E-state index in [4.69, 9.17) is 39.5 Å². The summed E-state index contributed by atoms with van der Waals surface area (Å²) in [6, 6.07) is 9.34. The third-order valence-electron chi connectivity index (χ3n) is 6.42. The number of thiophene rings is 1. The van der Waals surface area contributed by atoms with Crippen molar-refractivity contribution in [3.8, 4) is 0 Å². The quantitative estimate of drug-likeness (QED) is 0.182. The highest BCUT2D eigenvalue weighted by molar-refractivity contribution is 7.13. The van der Waals surface area contributed by atoms with Crippen LogP contribution in [0.5, 0.6) is 0 Å². The lowest BCUT2D eigenvalue weighted by Gasteiger charge is -2.23. The maximum Gasteiger partial charge on any atom is 0.348 e. The van der Waals surface area contributed by atoms with Gasteiger partial charge in [-0.15, -0.1) is 22.9 Å². The molecule has 35 heavy (non-hydrogen) atoms. The van der Waals surface area contributed by atoms with Gasteiger partial charge in [-0.25, -0.2) is 4.79 Å². The van der Waals surface area contributed by atoms with Crippen molar-refractivity contribution in [3.63, 3.8) is 0 Å². The molecule has 3 rings (SSSR count). The van der Waals surface area contributed by atoms with Crippen molar-refractivity contribution in [2.75, 3.05) is 13.2 Å². The van der Waals surface area contributed by atoms with E-state index in [1.807, 2.05) is 18.2 Å². The van der Waals surface area contributed by atoms with Crippen LogP contribution < -0.4 is 5.32 Å². The molecule has 5 nitrogen and oxygen atoms in total. The molecule has 2 N–H and O–H groups in total. The molecule has 0 bridgehead atoms. The molecule has 1 fully saturated rings. The first kappa shape index (κ1) is 28.3. The Balaban J connectivity index is 1.44. The summed E-state index contributed by atoms with van der Waals surface area (Å²) < 4.78 is 5.29. The fourth-order valence-electron chi connectivity index (χ4n) is 4.73. The van der Waals surface area contributed by atoms with Gasteiger partial charge in [0.1, 0.15) is 4.88 Å². The molecule has 1 heterocycles. The van der Waals surface area contributed by atoms with Crippen LogP contribution in [0.3, 0.4) is 0 Å². The van der Waals surface area contributed by atoms with E-state index in [9.17, 15) is 14.7 Å². The van der Waals surface area contributed by atoms with E-state index in [2.05, 4.69) is 5.32 Å². The largest absolute Gasteiger partial charge is 0.461 e. The van der Waals surface area contributed by atoms with Crippen molar-refractivity contribution < 1.29 is 19.4 Å². The maximum absolute atomic E-state index is 12.2. The van der Waals surface area contributed by atoms with Crippen LogP contribution in [-0.2, 0) is 22.4 Å². The van der Waals surface area contributed by atoms with Crippen molar-refractivity contribution >= 4 is 58.0 Å². The van der Waals surface area contributed by atoms with E-state index in [0.717, 1.165) is 42.5 Å². The number of alkyl halides is 1. The van der Waals surface area contributed by atoms with Crippen LogP contribution >= 0.6 is 46.1 Å². The van der Waals surface area contributed by atoms with E-state index in [-0.39, 0.29) is 35.7 Å². The fourth-order valence-corrected chi connectivity index (χ4v) is 6.74. The zero-order valence-corrected chi connectivity index (χ0v) is 22.9. The minimum absolute atomic E-state index is 0.0377. The minimum Gasteiger partial charge on any atom is -0.461 e. The summed E-state index contributed by atoms with van der Waals surface area (Å²) in [4.78, 5) is 24.8. The number of rotatable bonds is 12. The predicted molar refractivity (Wildman–Crippen MR) is 143 cm³/mol. The predicted octanol–water partition coefficient (Wildman–Crippen LogP) is 6.30. The van der Waals surface area contributed by atoms with Gasteiger partial charge in [0.05, 0.1) is 12.7 Å². The van der Waals surface area contributed by atoms with Crippen LogP contribution in [0.25, 0.3) is 0 Å². The smallest absolute Gasteiger partial charge is 0.348 e. The topological polar surface area (TPSA) is 75.6 Å². The van der Waals surface area contributed by atoms with Crippen LogP contribution in [0, 0.1) is 11.8 Å². The number of esters is 1. The summed E-state index contributed by atoms with van der Waals surface area (Å²) in [6.07, 6.45) is 5.15. The number of aliphatic hydroxyl groups is 1. The van der Waals surface area contributed by atoms with Gasteiger partial charge in [-0.05, 0) is 92.7 Å². The second kappa shape index (κ2) is 13.8. The number of ether oxygens (including phenoxy) is 1. The summed E-state index contributed by atoms with van der Waals surface area (Å²) in [7, 11) is 0. The Hall–Kier alpha value is -1.31. The molecule has 1 aliphatic rings. The number of hydrogen-bond acceptors (Lipinski definition) is 5. The SMILES string of the molecule is CC(=O)NCCCOC(=O)c1ccc(CCC[C@@H]2[C@@H](CCc3cc(Cl)cc(Cl)c3)[C@H](O)C[C@@H]2Cl)s1. The molecule has 0 unspecified atom stereocenters. The van der Waals surface area contributed by atoms with E-state index < -0.39 is 6.10 Å². The lowest BCUT2D eigenvalue weighted by Crippen LogP contribution is -2.22. The molecule has 192 valence electrons. The van der Waals surface area contributed by atoms with Crippen molar-refractivity contribution in [1.29, 1.82) is 0 Å². The highest BCUT2D eigenvalue weighted by atomic mass is 35.5. The number of benzene rings is 1. The van der Waals surface area contributed by atoms with Gasteiger partial charge in [-0.2, -0.15) is 0 Å². The van der Waals surface area contributed by atoms with Gasteiger partial charge in [0.25, 0.3) is 0 Å². The summed E-state index contributed by atoms with van der Waals surface area (Å²) in [5.74, 6) is -0.0369. The molecule has 0 aliphatic heterocycles. The fraction of sp³-hybridized carbons (Fsp3) is 0.538.